The molecule has 2 amide bonds. The van der Waals surface area contributed by atoms with Crippen molar-refractivity contribution in [1.82, 2.24) is 5.32 Å². The van der Waals surface area contributed by atoms with Crippen LogP contribution in [-0.2, 0) is 9.53 Å². The molecule has 7 heteroatoms. The smallest absolute Gasteiger partial charge is 0.413 e. The van der Waals surface area contributed by atoms with E-state index in [2.05, 4.69) is 19.9 Å². The summed E-state index contributed by atoms with van der Waals surface area (Å²) in [6.45, 7) is 5.26. The largest absolute Gasteiger partial charge is 0.453 e. The maximum absolute atomic E-state index is 11.9. The van der Waals surface area contributed by atoms with Gasteiger partial charge in [-0.05, 0) is 13.0 Å². The van der Waals surface area contributed by atoms with Gasteiger partial charge in [0.2, 0.25) is 0 Å². The van der Waals surface area contributed by atoms with Gasteiger partial charge in [-0.25, -0.2) is 9.78 Å². The second kappa shape index (κ2) is 7.03. The predicted octanol–water partition coefficient (Wildman–Crippen LogP) is -1.52. The molecule has 114 valence electrons. The zero-order valence-electron chi connectivity index (χ0n) is 12.4. The third-order valence-corrected chi connectivity index (χ3v) is 3.86. The summed E-state index contributed by atoms with van der Waals surface area (Å²) in [6, 6.07) is 5.71. The highest BCUT2D eigenvalue weighted by molar-refractivity contribution is 5.93. The highest BCUT2D eigenvalue weighted by Crippen LogP contribution is 2.04. The van der Waals surface area contributed by atoms with E-state index in [0.717, 1.165) is 32.0 Å². The number of pyridine rings is 1. The van der Waals surface area contributed by atoms with Crippen LogP contribution in [0.5, 0.6) is 0 Å². The topological polar surface area (TPSA) is 77.2 Å². The van der Waals surface area contributed by atoms with Crippen molar-refractivity contribution in [3.63, 3.8) is 0 Å². The predicted molar refractivity (Wildman–Crippen MR) is 75.9 cm³/mol. The van der Waals surface area contributed by atoms with Crippen molar-refractivity contribution in [2.24, 2.45) is 0 Å². The summed E-state index contributed by atoms with van der Waals surface area (Å²) in [5, 5.41) is 2.23. The van der Waals surface area contributed by atoms with Gasteiger partial charge in [0.1, 0.15) is 26.2 Å². The van der Waals surface area contributed by atoms with Crippen LogP contribution in [0.3, 0.4) is 0 Å². The minimum absolute atomic E-state index is 0.272. The number of aromatic nitrogens is 1. The number of nitrogens with zero attached hydrogens (tertiary/aromatic N) is 1. The van der Waals surface area contributed by atoms with Crippen molar-refractivity contribution in [3.8, 4) is 0 Å². The number of quaternary nitrogens is 1. The third kappa shape index (κ3) is 3.91. The quantitative estimate of drug-likeness (QED) is 0.709. The van der Waals surface area contributed by atoms with Crippen LogP contribution in [-0.4, -0.2) is 51.3 Å². The lowest BCUT2D eigenvalue weighted by Gasteiger charge is -2.31. The van der Waals surface area contributed by atoms with E-state index in [4.69, 9.17) is 0 Å². The third-order valence-electron chi connectivity index (χ3n) is 3.86. The zero-order valence-corrected chi connectivity index (χ0v) is 12.4. The number of piperazine rings is 1. The lowest BCUT2D eigenvalue weighted by Crippen LogP contribution is -3.19. The van der Waals surface area contributed by atoms with Gasteiger partial charge in [-0.2, -0.15) is 0 Å². The molecule has 1 saturated heterocycles. The number of hydrogen-bond donors (Lipinski definition) is 2. The van der Waals surface area contributed by atoms with Crippen LogP contribution in [0, 0.1) is 0 Å². The zero-order chi connectivity index (χ0) is 15.2. The first-order chi connectivity index (χ1) is 10.1. The maximum Gasteiger partial charge on any atom is 0.413 e. The molecule has 0 bridgehead atoms. The van der Waals surface area contributed by atoms with E-state index in [-0.39, 0.29) is 11.9 Å². The Hall–Kier alpha value is -2.15. The SMILES string of the molecule is COC(=O)NC(=O)[C@@H](C)[NH+]1CCN(c2cccc[nH+]2)CC1. The van der Waals surface area contributed by atoms with E-state index in [1.165, 1.54) is 12.0 Å². The van der Waals surface area contributed by atoms with E-state index in [1.807, 2.05) is 31.3 Å². The van der Waals surface area contributed by atoms with E-state index in [9.17, 15) is 9.59 Å². The molecule has 1 aromatic rings. The van der Waals surface area contributed by atoms with Crippen molar-refractivity contribution >= 4 is 17.8 Å². The van der Waals surface area contributed by atoms with Crippen LogP contribution in [0.1, 0.15) is 6.92 Å². The molecule has 1 aliphatic rings. The normalized spacial score (nSPS) is 17.1. The van der Waals surface area contributed by atoms with E-state index in [1.54, 1.807) is 0 Å². The Morgan fingerprint density at radius 1 is 1.38 bits per heavy atom. The molecule has 3 N–H and O–H groups in total. The molecular weight excluding hydrogens is 272 g/mol. The Kier molecular flexibility index (Phi) is 5.10. The average Bonchev–Trinajstić information content (AvgIpc) is 2.55. The Morgan fingerprint density at radius 2 is 2.10 bits per heavy atom. The molecule has 0 unspecified atom stereocenters. The Balaban J connectivity index is 1.86. The van der Waals surface area contributed by atoms with Gasteiger partial charge in [0.05, 0.1) is 13.3 Å². The molecule has 1 fully saturated rings. The lowest BCUT2D eigenvalue weighted by molar-refractivity contribution is -0.914. The number of aromatic amines is 1. The summed E-state index contributed by atoms with van der Waals surface area (Å²) in [7, 11) is 1.25. The molecule has 0 spiro atoms. The minimum Gasteiger partial charge on any atom is -0.453 e. The number of ether oxygens (including phenoxy) is 1. The van der Waals surface area contributed by atoms with Gasteiger partial charge in [-0.15, -0.1) is 0 Å². The Bertz CT molecular complexity index is 486. The maximum atomic E-state index is 11.9. The number of imide groups is 1. The van der Waals surface area contributed by atoms with Crippen LogP contribution in [0.4, 0.5) is 10.6 Å². The number of carbonyl (C=O) groups excluding carboxylic acids is 2. The fraction of sp³-hybridized carbons (Fsp3) is 0.500. The number of amides is 2. The second-order valence-electron chi connectivity index (χ2n) is 5.10. The highest BCUT2D eigenvalue weighted by Gasteiger charge is 2.32. The van der Waals surface area contributed by atoms with Crippen LogP contribution < -0.4 is 20.1 Å². The summed E-state index contributed by atoms with van der Waals surface area (Å²) >= 11 is 0. The number of alkyl carbamates (subject to hydrolysis) is 1. The lowest BCUT2D eigenvalue weighted by atomic mass is 10.2. The molecule has 1 aliphatic heterocycles. The van der Waals surface area contributed by atoms with Crippen molar-refractivity contribution in [1.29, 1.82) is 0 Å². The summed E-state index contributed by atoms with van der Waals surface area (Å²) in [5.74, 6) is 0.791. The number of nitrogens with one attached hydrogen (secondary N) is 3. The van der Waals surface area contributed by atoms with Crippen molar-refractivity contribution in [2.45, 2.75) is 13.0 Å². The van der Waals surface area contributed by atoms with E-state index < -0.39 is 6.09 Å². The van der Waals surface area contributed by atoms with Gasteiger partial charge >= 0.3 is 6.09 Å². The number of H-pyrrole nitrogens is 1. The van der Waals surface area contributed by atoms with Gasteiger partial charge in [-0.3, -0.25) is 15.0 Å². The van der Waals surface area contributed by atoms with Crippen LogP contribution in [0.2, 0.25) is 0 Å². The Labute approximate surface area is 123 Å². The summed E-state index contributed by atoms with van der Waals surface area (Å²) in [6.07, 6.45) is 1.20. The van der Waals surface area contributed by atoms with Gasteiger partial charge in [0, 0.05) is 6.07 Å². The first kappa shape index (κ1) is 15.2. The van der Waals surface area contributed by atoms with Gasteiger partial charge in [0.15, 0.2) is 6.04 Å². The average molecular weight is 294 g/mol. The summed E-state index contributed by atoms with van der Waals surface area (Å²) < 4.78 is 4.44. The molecule has 1 atom stereocenters. The first-order valence-corrected chi connectivity index (χ1v) is 7.07. The molecule has 0 saturated carbocycles. The number of rotatable bonds is 3. The first-order valence-electron chi connectivity index (χ1n) is 7.07. The second-order valence-corrected chi connectivity index (χ2v) is 5.10. The number of carbonyl (C=O) groups is 2. The Morgan fingerprint density at radius 3 is 2.67 bits per heavy atom. The van der Waals surface area contributed by atoms with E-state index >= 15 is 0 Å². The number of hydrogen-bond acceptors (Lipinski definition) is 4. The van der Waals surface area contributed by atoms with Crippen LogP contribution in [0.25, 0.3) is 0 Å². The summed E-state index contributed by atoms with van der Waals surface area (Å²) in [5.41, 5.74) is 0. The minimum atomic E-state index is -0.705. The van der Waals surface area contributed by atoms with Crippen molar-refractivity contribution < 1.29 is 24.2 Å². The van der Waals surface area contributed by atoms with E-state index in [0.29, 0.717) is 0 Å². The highest BCUT2D eigenvalue weighted by atomic mass is 16.5. The fourth-order valence-corrected chi connectivity index (χ4v) is 2.49. The number of methoxy groups -OCH3 is 1. The molecule has 0 aliphatic carbocycles. The standard InChI is InChI=1S/C14H20N4O3/c1-11(13(19)16-14(20)21-2)17-7-9-18(10-8-17)12-5-3-4-6-15-12/h3-6,11H,7-10H2,1-2H3,(H,16,19,20)/p+2/t11-/m1/s1. The molecule has 0 aromatic carbocycles. The molecule has 21 heavy (non-hydrogen) atoms. The van der Waals surface area contributed by atoms with Crippen molar-refractivity contribution in [3.05, 3.63) is 24.4 Å². The summed E-state index contributed by atoms with van der Waals surface area (Å²) in [4.78, 5) is 29.6. The monoisotopic (exact) mass is 294 g/mol. The molecule has 2 heterocycles. The van der Waals surface area contributed by atoms with Gasteiger partial charge in [-0.1, -0.05) is 6.07 Å². The van der Waals surface area contributed by atoms with Gasteiger partial charge in [0.25, 0.3) is 11.7 Å². The van der Waals surface area contributed by atoms with Crippen molar-refractivity contribution in [2.75, 3.05) is 38.2 Å². The van der Waals surface area contributed by atoms with Gasteiger partial charge < -0.3 is 9.64 Å². The molecule has 2 rings (SSSR count). The van der Waals surface area contributed by atoms with Crippen LogP contribution in [0.15, 0.2) is 24.4 Å². The molecular formula is C14H22N4O3+2. The fourth-order valence-electron chi connectivity index (χ4n) is 2.49. The molecule has 0 radical (unpaired) electrons. The molecule has 1 aromatic heterocycles. The molecule has 7 nitrogen and oxygen atoms in total. The van der Waals surface area contributed by atoms with Crippen LogP contribution >= 0.6 is 0 Å². The number of anilines is 1.